The van der Waals surface area contributed by atoms with Gasteiger partial charge in [0.25, 0.3) is 5.78 Å². The molecule has 1 saturated carbocycles. The second-order valence-electron chi connectivity index (χ2n) is 10.9. The smallest absolute Gasteiger partial charge is 0.252 e. The predicted octanol–water partition coefficient (Wildman–Crippen LogP) is 5.43. The van der Waals surface area contributed by atoms with Gasteiger partial charge in [-0.05, 0) is 88.8 Å². The van der Waals surface area contributed by atoms with E-state index in [0.717, 1.165) is 41.6 Å². The molecule has 6 heteroatoms. The number of carbonyl (C=O) groups is 1. The molecule has 36 heavy (non-hydrogen) atoms. The average molecular weight is 486 g/mol. The van der Waals surface area contributed by atoms with E-state index >= 15 is 0 Å². The van der Waals surface area contributed by atoms with Crippen LogP contribution in [-0.2, 0) is 11.2 Å². The van der Waals surface area contributed by atoms with E-state index in [9.17, 15) is 4.79 Å². The molecular formula is C30H39N5O. The van der Waals surface area contributed by atoms with E-state index in [1.54, 1.807) is 0 Å². The van der Waals surface area contributed by atoms with Gasteiger partial charge in [-0.15, -0.1) is 0 Å². The summed E-state index contributed by atoms with van der Waals surface area (Å²) in [7, 11) is 0. The van der Waals surface area contributed by atoms with Gasteiger partial charge < -0.3 is 4.90 Å². The highest BCUT2D eigenvalue weighted by Crippen LogP contribution is 2.33. The molecule has 2 fully saturated rings. The van der Waals surface area contributed by atoms with Crippen LogP contribution in [0.2, 0.25) is 0 Å². The number of aldehydes is 1. The number of allylic oxidation sites excluding steroid dienone is 8. The van der Waals surface area contributed by atoms with E-state index in [1.165, 1.54) is 74.9 Å². The molecule has 0 bridgehead atoms. The van der Waals surface area contributed by atoms with E-state index < -0.39 is 0 Å². The fourth-order valence-electron chi connectivity index (χ4n) is 6.44. The Bertz CT molecular complexity index is 1220. The third-order valence-corrected chi connectivity index (χ3v) is 8.42. The lowest BCUT2D eigenvalue weighted by atomic mass is 9.83. The molecule has 6 nitrogen and oxygen atoms in total. The first kappa shape index (κ1) is 24.8. The molecule has 1 aliphatic heterocycles. The zero-order valence-corrected chi connectivity index (χ0v) is 22.0. The maximum atomic E-state index is 11.0. The maximum Gasteiger partial charge on any atom is 0.252 e. The number of nitrogens with zero attached hydrogens (tertiary/aromatic N) is 5. The summed E-state index contributed by atoms with van der Waals surface area (Å²) in [6.45, 7) is 8.64. The SMILES string of the molecule is Cc1nc2nc(C)c(CC3CCN(C4CCCC(C5=C/C=C\C(C=O)=C/C=C5)CCC4)C3)c(C)n2n1. The van der Waals surface area contributed by atoms with Crippen molar-refractivity contribution in [3.63, 3.8) is 0 Å². The quantitative estimate of drug-likeness (QED) is 0.529. The van der Waals surface area contributed by atoms with Crippen molar-refractivity contribution < 1.29 is 4.79 Å². The minimum atomic E-state index is 0.623. The number of aryl methyl sites for hydroxylation is 3. The number of fused-ring (bicyclic) bond motifs is 1. The molecule has 5 rings (SSSR count). The van der Waals surface area contributed by atoms with Crippen LogP contribution in [0.25, 0.3) is 5.78 Å². The number of carbonyl (C=O) groups excluding carboxylic acids is 1. The molecule has 0 aromatic carbocycles. The van der Waals surface area contributed by atoms with E-state index in [1.807, 2.05) is 35.7 Å². The van der Waals surface area contributed by atoms with E-state index in [4.69, 9.17) is 4.98 Å². The van der Waals surface area contributed by atoms with Crippen LogP contribution in [0, 0.1) is 32.6 Å². The monoisotopic (exact) mass is 485 g/mol. The number of hydrogen-bond donors (Lipinski definition) is 0. The van der Waals surface area contributed by atoms with Gasteiger partial charge in [0.05, 0.1) is 0 Å². The molecule has 1 atom stereocenters. The minimum Gasteiger partial charge on any atom is -0.300 e. The first-order chi connectivity index (χ1) is 17.5. The van der Waals surface area contributed by atoms with Crippen molar-refractivity contribution in [2.24, 2.45) is 11.8 Å². The molecule has 1 saturated heterocycles. The number of likely N-dealkylation sites (tertiary alicyclic amines) is 1. The Labute approximate surface area is 214 Å². The number of aromatic nitrogens is 4. The molecule has 3 aliphatic rings. The summed E-state index contributed by atoms with van der Waals surface area (Å²) in [6.07, 6.45) is 23.2. The van der Waals surface area contributed by atoms with Crippen molar-refractivity contribution in [2.45, 2.75) is 78.2 Å². The second-order valence-corrected chi connectivity index (χ2v) is 10.9. The molecule has 190 valence electrons. The Morgan fingerprint density at radius 3 is 2.53 bits per heavy atom. The fraction of sp³-hybridized carbons (Fsp3) is 0.533. The van der Waals surface area contributed by atoms with Crippen LogP contribution in [-0.4, -0.2) is 49.9 Å². The molecule has 0 radical (unpaired) electrons. The van der Waals surface area contributed by atoms with Crippen molar-refractivity contribution in [3.8, 4) is 0 Å². The van der Waals surface area contributed by atoms with Gasteiger partial charge >= 0.3 is 0 Å². The Balaban J connectivity index is 1.17. The van der Waals surface area contributed by atoms with Crippen LogP contribution >= 0.6 is 0 Å². The van der Waals surface area contributed by atoms with Crippen molar-refractivity contribution in [1.29, 1.82) is 0 Å². The van der Waals surface area contributed by atoms with Crippen molar-refractivity contribution >= 4 is 12.1 Å². The zero-order chi connectivity index (χ0) is 25.1. The Morgan fingerprint density at radius 2 is 1.75 bits per heavy atom. The molecule has 2 aliphatic carbocycles. The van der Waals surface area contributed by atoms with Crippen LogP contribution in [0.4, 0.5) is 0 Å². The molecule has 0 spiro atoms. The fourth-order valence-corrected chi connectivity index (χ4v) is 6.44. The zero-order valence-electron chi connectivity index (χ0n) is 22.0. The average Bonchev–Trinajstić information content (AvgIpc) is 3.43. The summed E-state index contributed by atoms with van der Waals surface area (Å²) >= 11 is 0. The lowest BCUT2D eigenvalue weighted by Crippen LogP contribution is -2.34. The third kappa shape index (κ3) is 5.44. The van der Waals surface area contributed by atoms with Gasteiger partial charge in [-0.1, -0.05) is 49.3 Å². The Hall–Kier alpha value is -2.86. The van der Waals surface area contributed by atoms with Gasteiger partial charge in [-0.3, -0.25) is 4.79 Å². The molecule has 0 amide bonds. The molecular weight excluding hydrogens is 446 g/mol. The van der Waals surface area contributed by atoms with Crippen molar-refractivity contribution in [3.05, 3.63) is 70.4 Å². The largest absolute Gasteiger partial charge is 0.300 e. The predicted molar refractivity (Wildman–Crippen MR) is 144 cm³/mol. The van der Waals surface area contributed by atoms with Gasteiger partial charge in [0, 0.05) is 29.5 Å². The first-order valence-electron chi connectivity index (χ1n) is 13.7. The highest BCUT2D eigenvalue weighted by molar-refractivity contribution is 5.78. The van der Waals surface area contributed by atoms with Gasteiger partial charge in [0.2, 0.25) is 0 Å². The molecule has 3 heterocycles. The summed E-state index contributed by atoms with van der Waals surface area (Å²) in [6, 6.07) is 0.719. The van der Waals surface area contributed by atoms with Gasteiger partial charge in [0.1, 0.15) is 12.1 Å². The normalized spacial score (nSPS) is 28.0. The second kappa shape index (κ2) is 11.0. The molecule has 0 N–H and O–H groups in total. The minimum absolute atomic E-state index is 0.623. The topological polar surface area (TPSA) is 63.4 Å². The molecule has 2 aromatic rings. The highest BCUT2D eigenvalue weighted by Gasteiger charge is 2.30. The van der Waals surface area contributed by atoms with E-state index in [2.05, 4.69) is 41.0 Å². The van der Waals surface area contributed by atoms with Gasteiger partial charge in [-0.2, -0.15) is 10.1 Å². The number of hydrogen-bond acceptors (Lipinski definition) is 5. The Morgan fingerprint density at radius 1 is 0.972 bits per heavy atom. The van der Waals surface area contributed by atoms with Crippen LogP contribution in [0.15, 0.2) is 47.6 Å². The van der Waals surface area contributed by atoms with Crippen molar-refractivity contribution in [2.75, 3.05) is 13.1 Å². The van der Waals surface area contributed by atoms with Crippen molar-refractivity contribution in [1.82, 2.24) is 24.5 Å². The number of rotatable bonds is 5. The summed E-state index contributed by atoms with van der Waals surface area (Å²) in [5.41, 5.74) is 5.78. The first-order valence-corrected chi connectivity index (χ1v) is 13.7. The van der Waals surface area contributed by atoms with Crippen LogP contribution in [0.1, 0.15) is 67.7 Å². The summed E-state index contributed by atoms with van der Waals surface area (Å²) in [4.78, 5) is 23.0. The molecule has 2 aromatic heterocycles. The van der Waals surface area contributed by atoms with Crippen LogP contribution in [0.3, 0.4) is 0 Å². The lowest BCUT2D eigenvalue weighted by Gasteiger charge is -2.32. The van der Waals surface area contributed by atoms with E-state index in [0.29, 0.717) is 11.8 Å². The van der Waals surface area contributed by atoms with Crippen LogP contribution < -0.4 is 0 Å². The highest BCUT2D eigenvalue weighted by atomic mass is 16.1. The summed E-state index contributed by atoms with van der Waals surface area (Å²) in [5.74, 6) is 2.81. The Kier molecular flexibility index (Phi) is 7.61. The van der Waals surface area contributed by atoms with E-state index in [-0.39, 0.29) is 0 Å². The lowest BCUT2D eigenvalue weighted by molar-refractivity contribution is -0.104. The van der Waals surface area contributed by atoms with Gasteiger partial charge in [-0.25, -0.2) is 9.50 Å². The van der Waals surface area contributed by atoms with Gasteiger partial charge in [0.15, 0.2) is 0 Å². The van der Waals surface area contributed by atoms with Crippen LogP contribution in [0.5, 0.6) is 0 Å². The standard InChI is InChI=1S/C30H39N5O/c1-21-29(22(2)35-30(31-21)32-23(3)33-35)18-25-16-17-34(19-25)28-14-6-12-27(13-7-15-28)26-10-4-8-24(20-36)9-5-11-26/h4-5,8-11,20,25,27-28H,6-7,12-19H2,1-3H3/b8-4-,9-5?,10-4?,11-5?,24-8?,24-9+,26-10?,26-11?. The molecule has 1 unspecified atom stereocenters. The summed E-state index contributed by atoms with van der Waals surface area (Å²) < 4.78 is 1.92. The maximum absolute atomic E-state index is 11.0. The summed E-state index contributed by atoms with van der Waals surface area (Å²) in [5, 5.41) is 4.56. The third-order valence-electron chi connectivity index (χ3n) is 8.42.